The van der Waals surface area contributed by atoms with Crippen molar-refractivity contribution in [1.29, 1.82) is 0 Å². The summed E-state index contributed by atoms with van der Waals surface area (Å²) < 4.78 is 34.7. The zero-order valence-corrected chi connectivity index (χ0v) is 21.8. The lowest BCUT2D eigenvalue weighted by molar-refractivity contribution is 0.0526. The number of hydrogen-bond donors (Lipinski definition) is 0. The zero-order chi connectivity index (χ0) is 26.6. The van der Waals surface area contributed by atoms with E-state index in [1.54, 1.807) is 60.0 Å². The molecule has 0 atom stereocenters. The molecular formula is C27H23N3O5S2. The number of terminal acetylenes is 1. The van der Waals surface area contributed by atoms with Gasteiger partial charge in [0.1, 0.15) is 0 Å². The molecule has 0 N–H and O–H groups in total. The summed E-state index contributed by atoms with van der Waals surface area (Å²) in [6, 6.07) is 19.4. The molecule has 188 valence electrons. The van der Waals surface area contributed by atoms with Gasteiger partial charge in [-0.15, -0.1) is 6.42 Å². The van der Waals surface area contributed by atoms with Gasteiger partial charge in [0.2, 0.25) is 0 Å². The molecule has 0 saturated carbocycles. The minimum Gasteiger partial charge on any atom is -0.462 e. The third-order valence-electron chi connectivity index (χ3n) is 5.52. The minimum atomic E-state index is -3.81. The van der Waals surface area contributed by atoms with Crippen LogP contribution in [-0.4, -0.2) is 38.5 Å². The van der Waals surface area contributed by atoms with Crippen LogP contribution in [0.15, 0.2) is 82.7 Å². The highest BCUT2D eigenvalue weighted by Crippen LogP contribution is 2.23. The third-order valence-corrected chi connectivity index (χ3v) is 8.36. The molecule has 1 amide bonds. The number of carbonyl (C=O) groups is 2. The Labute approximate surface area is 218 Å². The zero-order valence-electron chi connectivity index (χ0n) is 20.1. The van der Waals surface area contributed by atoms with Crippen molar-refractivity contribution >= 4 is 49.1 Å². The fraction of sp³-hybridized carbons (Fsp3) is 0.148. The highest BCUT2D eigenvalue weighted by atomic mass is 32.2. The van der Waals surface area contributed by atoms with Crippen LogP contribution in [0, 0.1) is 12.3 Å². The third kappa shape index (κ3) is 5.33. The number of esters is 1. The number of hydrogen-bond acceptors (Lipinski definition) is 6. The van der Waals surface area contributed by atoms with E-state index in [0.29, 0.717) is 16.1 Å². The van der Waals surface area contributed by atoms with Crippen molar-refractivity contribution in [2.75, 3.05) is 18.0 Å². The minimum absolute atomic E-state index is 0.0474. The van der Waals surface area contributed by atoms with Crippen molar-refractivity contribution in [2.45, 2.75) is 18.4 Å². The number of anilines is 1. The normalized spacial score (nSPS) is 11.8. The van der Waals surface area contributed by atoms with E-state index in [4.69, 9.17) is 11.2 Å². The van der Waals surface area contributed by atoms with Crippen LogP contribution in [0.2, 0.25) is 0 Å². The monoisotopic (exact) mass is 533 g/mol. The largest absolute Gasteiger partial charge is 0.462 e. The lowest BCUT2D eigenvalue weighted by Crippen LogP contribution is -2.26. The highest BCUT2D eigenvalue weighted by molar-refractivity contribution is 7.92. The summed E-state index contributed by atoms with van der Waals surface area (Å²) in [6.07, 6.45) is 5.54. The average molecular weight is 534 g/mol. The smallest absolute Gasteiger partial charge is 0.338 e. The van der Waals surface area contributed by atoms with Gasteiger partial charge in [0.15, 0.2) is 4.80 Å². The van der Waals surface area contributed by atoms with Crippen LogP contribution in [0.25, 0.3) is 10.2 Å². The predicted molar refractivity (Wildman–Crippen MR) is 143 cm³/mol. The van der Waals surface area contributed by atoms with Gasteiger partial charge < -0.3 is 9.30 Å². The van der Waals surface area contributed by atoms with Crippen molar-refractivity contribution in [3.8, 4) is 12.3 Å². The maximum absolute atomic E-state index is 13.0. The number of fused-ring (bicyclic) bond motifs is 1. The van der Waals surface area contributed by atoms with E-state index in [0.717, 1.165) is 10.2 Å². The van der Waals surface area contributed by atoms with Crippen LogP contribution >= 0.6 is 11.3 Å². The van der Waals surface area contributed by atoms with Gasteiger partial charge in [0.05, 0.1) is 39.5 Å². The highest BCUT2D eigenvalue weighted by Gasteiger charge is 2.21. The summed E-state index contributed by atoms with van der Waals surface area (Å²) in [7, 11) is -2.34. The molecule has 0 unspecified atom stereocenters. The molecule has 0 bridgehead atoms. The quantitative estimate of drug-likeness (QED) is 0.263. The second kappa shape index (κ2) is 10.8. The Morgan fingerprint density at radius 2 is 1.73 bits per heavy atom. The van der Waals surface area contributed by atoms with Crippen molar-refractivity contribution in [3.63, 3.8) is 0 Å². The molecule has 4 aromatic rings. The fourth-order valence-corrected chi connectivity index (χ4v) is 5.86. The molecule has 0 aliphatic carbocycles. The van der Waals surface area contributed by atoms with E-state index >= 15 is 0 Å². The molecule has 10 heteroatoms. The molecule has 1 aromatic heterocycles. The number of aromatic nitrogens is 1. The Morgan fingerprint density at radius 3 is 2.38 bits per heavy atom. The van der Waals surface area contributed by atoms with Crippen LogP contribution in [-0.2, 0) is 21.3 Å². The summed E-state index contributed by atoms with van der Waals surface area (Å²) in [4.78, 5) is 29.7. The Bertz CT molecular complexity index is 1680. The number of carbonyl (C=O) groups excluding carboxylic acids is 2. The van der Waals surface area contributed by atoms with Gasteiger partial charge in [-0.1, -0.05) is 35.5 Å². The number of rotatable bonds is 7. The molecule has 0 saturated heterocycles. The molecule has 0 spiro atoms. The van der Waals surface area contributed by atoms with E-state index in [2.05, 4.69) is 10.9 Å². The van der Waals surface area contributed by atoms with Gasteiger partial charge in [0.25, 0.3) is 15.9 Å². The molecule has 3 aromatic carbocycles. The van der Waals surface area contributed by atoms with Crippen molar-refractivity contribution in [1.82, 2.24) is 4.57 Å². The summed E-state index contributed by atoms with van der Waals surface area (Å²) in [5.41, 5.74) is 1.86. The topological polar surface area (TPSA) is 98.0 Å². The lowest BCUT2D eigenvalue weighted by atomic mass is 10.2. The summed E-state index contributed by atoms with van der Waals surface area (Å²) in [5.74, 6) is 1.56. The van der Waals surface area contributed by atoms with Crippen molar-refractivity contribution < 1.29 is 22.7 Å². The lowest BCUT2D eigenvalue weighted by Gasteiger charge is -2.19. The number of para-hydroxylation sites is 1. The van der Waals surface area contributed by atoms with Crippen LogP contribution in [0.3, 0.4) is 0 Å². The van der Waals surface area contributed by atoms with E-state index in [1.807, 2.05) is 0 Å². The maximum atomic E-state index is 13.0. The van der Waals surface area contributed by atoms with Crippen LogP contribution in [0.5, 0.6) is 0 Å². The summed E-state index contributed by atoms with van der Waals surface area (Å²) >= 11 is 1.22. The van der Waals surface area contributed by atoms with Crippen LogP contribution in [0.4, 0.5) is 5.69 Å². The summed E-state index contributed by atoms with van der Waals surface area (Å²) in [6.45, 7) is 2.17. The van der Waals surface area contributed by atoms with Crippen molar-refractivity contribution in [3.05, 3.63) is 88.7 Å². The molecule has 4 rings (SSSR count). The summed E-state index contributed by atoms with van der Waals surface area (Å²) in [5, 5.41) is 0. The van der Waals surface area contributed by atoms with E-state index in [1.165, 1.54) is 47.0 Å². The maximum Gasteiger partial charge on any atom is 0.338 e. The number of ether oxygens (including phenoxy) is 1. The molecule has 0 fully saturated rings. The van der Waals surface area contributed by atoms with Gasteiger partial charge in [-0.2, -0.15) is 4.99 Å². The Hall–Kier alpha value is -4.20. The van der Waals surface area contributed by atoms with Gasteiger partial charge in [0, 0.05) is 12.6 Å². The van der Waals surface area contributed by atoms with Crippen LogP contribution < -0.4 is 9.11 Å². The first-order valence-corrected chi connectivity index (χ1v) is 13.5. The van der Waals surface area contributed by atoms with E-state index in [9.17, 15) is 18.0 Å². The molecule has 0 aliphatic heterocycles. The number of benzene rings is 3. The Morgan fingerprint density at radius 1 is 1.05 bits per heavy atom. The second-order valence-corrected chi connectivity index (χ2v) is 10.8. The Kier molecular flexibility index (Phi) is 7.57. The number of amides is 1. The predicted octanol–water partition coefficient (Wildman–Crippen LogP) is 4.08. The second-order valence-electron chi connectivity index (χ2n) is 7.83. The molecule has 1 heterocycles. The molecule has 37 heavy (non-hydrogen) atoms. The SMILES string of the molecule is C#CCn1c(=NC(=O)c2ccc(S(=O)(=O)N(C)c3ccccc3)cc2)sc2cc(C(=O)OCC)ccc21. The van der Waals surface area contributed by atoms with E-state index < -0.39 is 21.9 Å². The Balaban J connectivity index is 1.66. The molecule has 0 aliphatic rings. The first-order valence-electron chi connectivity index (χ1n) is 11.2. The average Bonchev–Trinajstić information content (AvgIpc) is 3.25. The first-order chi connectivity index (χ1) is 17.8. The van der Waals surface area contributed by atoms with Crippen molar-refractivity contribution in [2.24, 2.45) is 4.99 Å². The van der Waals surface area contributed by atoms with Gasteiger partial charge in [-0.05, 0) is 61.5 Å². The van der Waals surface area contributed by atoms with Gasteiger partial charge >= 0.3 is 5.97 Å². The molecule has 0 radical (unpaired) electrons. The van der Waals surface area contributed by atoms with E-state index in [-0.39, 0.29) is 23.6 Å². The van der Waals surface area contributed by atoms with Crippen LogP contribution in [0.1, 0.15) is 27.6 Å². The van der Waals surface area contributed by atoms with Gasteiger partial charge in [-0.3, -0.25) is 9.10 Å². The number of nitrogens with zero attached hydrogens (tertiary/aromatic N) is 3. The number of sulfonamides is 1. The fourth-order valence-electron chi connectivity index (χ4n) is 3.60. The number of thiazole rings is 1. The standard InChI is InChI=1S/C27H23N3O5S2/c1-4-17-30-23-16-13-20(26(32)35-5-2)18-24(23)36-27(30)28-25(31)19-11-14-22(15-12-19)37(33,34)29(3)21-9-7-6-8-10-21/h1,6-16,18H,5,17H2,2-3H3. The van der Waals surface area contributed by atoms with Gasteiger partial charge in [-0.25, -0.2) is 13.2 Å². The molecular weight excluding hydrogens is 510 g/mol. The first kappa shape index (κ1) is 25.9. The molecule has 8 nitrogen and oxygen atoms in total.